The minimum absolute atomic E-state index is 0.0655. The van der Waals surface area contributed by atoms with Gasteiger partial charge in [-0.15, -0.1) is 0 Å². The lowest BCUT2D eigenvalue weighted by molar-refractivity contribution is -0.143. The summed E-state index contributed by atoms with van der Waals surface area (Å²) in [5.41, 5.74) is 0. The van der Waals surface area contributed by atoms with Crippen LogP contribution >= 0.6 is 0 Å². The third kappa shape index (κ3) is 2.37. The highest BCUT2D eigenvalue weighted by molar-refractivity contribution is 7.93. The summed E-state index contributed by atoms with van der Waals surface area (Å²) >= 11 is 0. The Balaban J connectivity index is 2.61. The van der Waals surface area contributed by atoms with Gasteiger partial charge in [-0.25, -0.2) is 8.42 Å². The summed E-state index contributed by atoms with van der Waals surface area (Å²) in [5, 5.41) is 9.78. The molecule has 116 valence electrons. The molecule has 1 saturated carbocycles. The molecule has 1 fully saturated rings. The zero-order valence-electron chi connectivity index (χ0n) is 12.6. The van der Waals surface area contributed by atoms with Crippen LogP contribution in [-0.2, 0) is 14.6 Å². The molecule has 1 aliphatic rings. The Labute approximate surface area is 126 Å². The van der Waals surface area contributed by atoms with Gasteiger partial charge in [-0.2, -0.15) is 0 Å². The molecule has 1 aromatic rings. The van der Waals surface area contributed by atoms with E-state index in [4.69, 9.17) is 0 Å². The Morgan fingerprint density at radius 2 is 1.71 bits per heavy atom. The van der Waals surface area contributed by atoms with Gasteiger partial charge in [0.25, 0.3) is 0 Å². The number of carboxylic acids is 1. The van der Waals surface area contributed by atoms with Crippen LogP contribution < -0.4 is 0 Å². The molecule has 0 aromatic heterocycles. The third-order valence-electron chi connectivity index (χ3n) is 5.01. The summed E-state index contributed by atoms with van der Waals surface area (Å²) in [6.07, 6.45) is 0.779. The Kier molecular flexibility index (Phi) is 4.15. The molecule has 0 saturated heterocycles. The fourth-order valence-corrected chi connectivity index (χ4v) is 5.73. The zero-order valence-corrected chi connectivity index (χ0v) is 13.4. The van der Waals surface area contributed by atoms with Gasteiger partial charge in [0.15, 0.2) is 14.6 Å². The predicted molar refractivity (Wildman–Crippen MR) is 80.7 cm³/mol. The van der Waals surface area contributed by atoms with Gasteiger partial charge in [0.2, 0.25) is 0 Å². The molecule has 0 spiro atoms. The fraction of sp³-hybridized carbons (Fsp3) is 0.562. The number of carboxylic acid groups (broad SMARTS) is 1. The van der Waals surface area contributed by atoms with Crippen LogP contribution in [0.5, 0.6) is 0 Å². The summed E-state index contributed by atoms with van der Waals surface area (Å²) in [7, 11) is -3.93. The molecule has 0 aliphatic heterocycles. The van der Waals surface area contributed by atoms with Crippen molar-refractivity contribution in [2.24, 2.45) is 17.8 Å². The van der Waals surface area contributed by atoms with Crippen LogP contribution in [0.4, 0.5) is 0 Å². The molecule has 0 amide bonds. The molecule has 1 N–H and O–H groups in total. The van der Waals surface area contributed by atoms with Crippen molar-refractivity contribution in [1.29, 1.82) is 0 Å². The number of aliphatic carboxylic acids is 1. The summed E-state index contributed by atoms with van der Waals surface area (Å²) < 4.78 is 24.3. The molecule has 21 heavy (non-hydrogen) atoms. The first-order chi connectivity index (χ1) is 9.73. The van der Waals surface area contributed by atoms with Crippen molar-refractivity contribution in [3.05, 3.63) is 30.3 Å². The second-order valence-electron chi connectivity index (χ2n) is 6.31. The predicted octanol–water partition coefficient (Wildman–Crippen LogP) is 2.99. The van der Waals surface area contributed by atoms with Gasteiger partial charge in [-0.3, -0.25) is 4.79 Å². The molecule has 0 heterocycles. The quantitative estimate of drug-likeness (QED) is 0.931. The average molecular weight is 310 g/mol. The first-order valence-corrected chi connectivity index (χ1v) is 8.75. The van der Waals surface area contributed by atoms with Crippen LogP contribution in [0.3, 0.4) is 0 Å². The molecule has 5 heteroatoms. The van der Waals surface area contributed by atoms with Gasteiger partial charge in [-0.1, -0.05) is 39.0 Å². The van der Waals surface area contributed by atoms with Gasteiger partial charge >= 0.3 is 5.97 Å². The first kappa shape index (κ1) is 16.0. The Bertz CT molecular complexity index is 623. The minimum Gasteiger partial charge on any atom is -0.480 e. The van der Waals surface area contributed by atoms with Gasteiger partial charge in [0.1, 0.15) is 0 Å². The van der Waals surface area contributed by atoms with E-state index in [0.29, 0.717) is 12.3 Å². The molecule has 4 nitrogen and oxygen atoms in total. The zero-order chi connectivity index (χ0) is 15.8. The monoisotopic (exact) mass is 310 g/mol. The molecular formula is C16H22O4S. The molecular weight excluding hydrogens is 288 g/mol. The van der Waals surface area contributed by atoms with E-state index in [1.165, 1.54) is 12.1 Å². The van der Waals surface area contributed by atoms with Crippen molar-refractivity contribution in [3.63, 3.8) is 0 Å². The van der Waals surface area contributed by atoms with Gasteiger partial charge < -0.3 is 5.11 Å². The summed E-state index contributed by atoms with van der Waals surface area (Å²) in [6, 6.07) is 7.94. The maximum absolute atomic E-state index is 13.0. The van der Waals surface area contributed by atoms with E-state index in [2.05, 4.69) is 6.92 Å². The highest BCUT2D eigenvalue weighted by Crippen LogP contribution is 2.47. The lowest BCUT2D eigenvalue weighted by atomic mass is 9.69. The highest BCUT2D eigenvalue weighted by atomic mass is 32.2. The SMILES string of the molecule is CC1CC(C)C(C(=O)O)(S(=O)(=O)c2ccccc2)CC1C. The van der Waals surface area contributed by atoms with Gasteiger partial charge in [0.05, 0.1) is 4.90 Å². The first-order valence-electron chi connectivity index (χ1n) is 7.26. The van der Waals surface area contributed by atoms with Crippen molar-refractivity contribution in [3.8, 4) is 0 Å². The molecule has 4 unspecified atom stereocenters. The summed E-state index contributed by atoms with van der Waals surface area (Å²) in [5.74, 6) is -1.24. The van der Waals surface area contributed by atoms with E-state index in [-0.39, 0.29) is 17.2 Å². The van der Waals surface area contributed by atoms with E-state index in [0.717, 1.165) is 0 Å². The van der Waals surface area contributed by atoms with E-state index in [9.17, 15) is 18.3 Å². The Morgan fingerprint density at radius 1 is 1.14 bits per heavy atom. The highest BCUT2D eigenvalue weighted by Gasteiger charge is 2.58. The van der Waals surface area contributed by atoms with Crippen molar-refractivity contribution in [2.45, 2.75) is 43.3 Å². The molecule has 0 bridgehead atoms. The number of rotatable bonds is 3. The maximum atomic E-state index is 13.0. The van der Waals surface area contributed by atoms with Crippen molar-refractivity contribution in [2.75, 3.05) is 0 Å². The standard InChI is InChI=1S/C16H22O4S/c1-11-9-13(3)16(15(17)18,10-12(11)2)21(19,20)14-7-5-4-6-8-14/h4-8,11-13H,9-10H2,1-3H3,(H,17,18). The molecule has 1 aliphatic carbocycles. The minimum atomic E-state index is -3.93. The van der Waals surface area contributed by atoms with Crippen LogP contribution in [-0.4, -0.2) is 24.2 Å². The normalized spacial score (nSPS) is 33.6. The Morgan fingerprint density at radius 3 is 2.24 bits per heavy atom. The van der Waals surface area contributed by atoms with Crippen LogP contribution in [0.1, 0.15) is 33.6 Å². The van der Waals surface area contributed by atoms with Crippen LogP contribution in [0.2, 0.25) is 0 Å². The van der Waals surface area contributed by atoms with E-state index in [1.54, 1.807) is 25.1 Å². The molecule has 1 aromatic carbocycles. The van der Waals surface area contributed by atoms with Crippen molar-refractivity contribution >= 4 is 15.8 Å². The second-order valence-corrected chi connectivity index (χ2v) is 8.51. The lowest BCUT2D eigenvalue weighted by Crippen LogP contribution is -2.56. The van der Waals surface area contributed by atoms with Crippen LogP contribution in [0.25, 0.3) is 0 Å². The number of benzene rings is 1. The van der Waals surface area contributed by atoms with Gasteiger partial charge in [0, 0.05) is 0 Å². The fourth-order valence-electron chi connectivity index (χ4n) is 3.46. The molecule has 0 radical (unpaired) electrons. The molecule has 4 atom stereocenters. The van der Waals surface area contributed by atoms with Crippen molar-refractivity contribution < 1.29 is 18.3 Å². The summed E-state index contributed by atoms with van der Waals surface area (Å²) in [6.45, 7) is 5.74. The van der Waals surface area contributed by atoms with E-state index in [1.807, 2.05) is 6.92 Å². The van der Waals surface area contributed by atoms with E-state index >= 15 is 0 Å². The average Bonchev–Trinajstić information content (AvgIpc) is 2.43. The smallest absolute Gasteiger partial charge is 0.325 e. The molecule has 2 rings (SSSR count). The number of hydrogen-bond acceptors (Lipinski definition) is 3. The van der Waals surface area contributed by atoms with E-state index < -0.39 is 26.5 Å². The Hall–Kier alpha value is -1.36. The third-order valence-corrected chi connectivity index (χ3v) is 7.61. The van der Waals surface area contributed by atoms with Crippen LogP contribution in [0.15, 0.2) is 35.2 Å². The van der Waals surface area contributed by atoms with Crippen LogP contribution in [0, 0.1) is 17.8 Å². The lowest BCUT2D eigenvalue weighted by Gasteiger charge is -2.43. The summed E-state index contributed by atoms with van der Waals surface area (Å²) in [4.78, 5) is 12.1. The maximum Gasteiger partial charge on any atom is 0.325 e. The number of carbonyl (C=O) groups is 1. The topological polar surface area (TPSA) is 71.4 Å². The number of sulfone groups is 1. The second kappa shape index (κ2) is 5.44. The number of hydrogen-bond donors (Lipinski definition) is 1. The largest absolute Gasteiger partial charge is 0.480 e. The van der Waals surface area contributed by atoms with Crippen molar-refractivity contribution in [1.82, 2.24) is 0 Å². The van der Waals surface area contributed by atoms with Gasteiger partial charge in [-0.05, 0) is 42.7 Å².